The van der Waals surface area contributed by atoms with Gasteiger partial charge in [0.15, 0.2) is 5.78 Å². The molecule has 0 aliphatic rings. The molecule has 0 aromatic heterocycles. The second-order valence-corrected chi connectivity index (χ2v) is 6.18. The van der Waals surface area contributed by atoms with E-state index in [9.17, 15) is 17.6 Å². The average Bonchev–Trinajstić information content (AvgIpc) is 2.13. The minimum atomic E-state index is -3.86. The summed E-state index contributed by atoms with van der Waals surface area (Å²) in [5.41, 5.74) is -0.302. The third kappa shape index (κ3) is 3.28. The molecule has 7 heteroatoms. The van der Waals surface area contributed by atoms with Crippen LogP contribution < -0.4 is 4.72 Å². The summed E-state index contributed by atoms with van der Waals surface area (Å²) < 4.78 is 39.6. The number of benzene rings is 1. The van der Waals surface area contributed by atoms with Crippen LogP contribution >= 0.6 is 11.6 Å². The highest BCUT2D eigenvalue weighted by Crippen LogP contribution is 2.25. The Kier molecular flexibility index (Phi) is 4.47. The van der Waals surface area contributed by atoms with Crippen LogP contribution in [0.1, 0.15) is 31.1 Å². The molecular formula is C11H13ClFNO3S. The highest BCUT2D eigenvalue weighted by atomic mass is 35.5. The van der Waals surface area contributed by atoms with Gasteiger partial charge in [-0.15, -0.1) is 0 Å². The first-order chi connectivity index (χ1) is 8.15. The number of rotatable bonds is 4. The van der Waals surface area contributed by atoms with Gasteiger partial charge in [-0.2, -0.15) is 0 Å². The molecule has 0 unspecified atom stereocenters. The van der Waals surface area contributed by atoms with Crippen LogP contribution in [0.15, 0.2) is 17.0 Å². The Hall–Kier alpha value is -0.980. The van der Waals surface area contributed by atoms with Gasteiger partial charge in [0.05, 0.1) is 10.6 Å². The fourth-order valence-corrected chi connectivity index (χ4v) is 3.17. The zero-order chi connectivity index (χ0) is 14.1. The van der Waals surface area contributed by atoms with Crippen molar-refractivity contribution in [3.63, 3.8) is 0 Å². The fourth-order valence-electron chi connectivity index (χ4n) is 1.38. The van der Waals surface area contributed by atoms with E-state index >= 15 is 0 Å². The zero-order valence-corrected chi connectivity index (χ0v) is 11.7. The van der Waals surface area contributed by atoms with Gasteiger partial charge in [0.25, 0.3) is 0 Å². The number of nitrogens with one attached hydrogen (secondary N) is 1. The summed E-state index contributed by atoms with van der Waals surface area (Å²) in [6.45, 7) is 4.43. The molecule has 0 radical (unpaired) electrons. The Bertz CT molecular complexity index is 584. The van der Waals surface area contributed by atoms with E-state index in [1.165, 1.54) is 0 Å². The van der Waals surface area contributed by atoms with Crippen molar-refractivity contribution in [2.45, 2.75) is 31.7 Å². The van der Waals surface area contributed by atoms with Gasteiger partial charge in [0.1, 0.15) is 10.7 Å². The molecule has 1 aromatic carbocycles. The van der Waals surface area contributed by atoms with Gasteiger partial charge in [-0.25, -0.2) is 17.5 Å². The van der Waals surface area contributed by atoms with E-state index in [2.05, 4.69) is 4.72 Å². The Morgan fingerprint density at radius 3 is 2.39 bits per heavy atom. The maximum absolute atomic E-state index is 13.4. The number of hydrogen-bond acceptors (Lipinski definition) is 3. The van der Waals surface area contributed by atoms with Crippen molar-refractivity contribution in [3.05, 3.63) is 28.5 Å². The predicted octanol–water partition coefficient (Wildman–Crippen LogP) is 2.37. The van der Waals surface area contributed by atoms with Gasteiger partial charge in [0, 0.05) is 6.04 Å². The van der Waals surface area contributed by atoms with E-state index in [-0.39, 0.29) is 21.5 Å². The summed E-state index contributed by atoms with van der Waals surface area (Å²) >= 11 is 5.70. The van der Waals surface area contributed by atoms with Crippen LogP contribution in [0.4, 0.5) is 4.39 Å². The first-order valence-corrected chi connectivity index (χ1v) is 7.03. The van der Waals surface area contributed by atoms with Crippen molar-refractivity contribution in [3.8, 4) is 0 Å². The minimum Gasteiger partial charge on any atom is -0.294 e. The lowest BCUT2D eigenvalue weighted by atomic mass is 10.1. The molecule has 18 heavy (non-hydrogen) atoms. The topological polar surface area (TPSA) is 63.2 Å². The van der Waals surface area contributed by atoms with Crippen molar-refractivity contribution in [1.29, 1.82) is 0 Å². The summed E-state index contributed by atoms with van der Waals surface area (Å²) in [5, 5.41) is -0.259. The first kappa shape index (κ1) is 15.1. The largest absolute Gasteiger partial charge is 0.294 e. The maximum atomic E-state index is 13.4. The van der Waals surface area contributed by atoms with Gasteiger partial charge in [-0.05, 0) is 32.9 Å². The van der Waals surface area contributed by atoms with Crippen molar-refractivity contribution in [1.82, 2.24) is 4.72 Å². The summed E-state index contributed by atoms with van der Waals surface area (Å²) in [6.07, 6.45) is 0. The van der Waals surface area contributed by atoms with E-state index in [4.69, 9.17) is 11.6 Å². The average molecular weight is 294 g/mol. The highest BCUT2D eigenvalue weighted by molar-refractivity contribution is 7.89. The normalized spacial score (nSPS) is 11.9. The third-order valence-electron chi connectivity index (χ3n) is 2.08. The second-order valence-electron chi connectivity index (χ2n) is 4.09. The molecule has 1 rings (SSSR count). The quantitative estimate of drug-likeness (QED) is 0.867. The molecular weight excluding hydrogens is 281 g/mol. The van der Waals surface area contributed by atoms with Crippen LogP contribution in [0.3, 0.4) is 0 Å². The van der Waals surface area contributed by atoms with E-state index in [0.29, 0.717) is 0 Å². The van der Waals surface area contributed by atoms with E-state index < -0.39 is 21.6 Å². The van der Waals surface area contributed by atoms with Crippen molar-refractivity contribution >= 4 is 27.4 Å². The molecule has 0 aliphatic carbocycles. The second kappa shape index (κ2) is 5.34. The van der Waals surface area contributed by atoms with Gasteiger partial charge in [0.2, 0.25) is 10.0 Å². The Labute approximate surface area is 110 Å². The maximum Gasteiger partial charge on any atom is 0.242 e. The smallest absolute Gasteiger partial charge is 0.242 e. The molecule has 4 nitrogen and oxygen atoms in total. The van der Waals surface area contributed by atoms with Crippen molar-refractivity contribution < 1.29 is 17.6 Å². The summed E-state index contributed by atoms with van der Waals surface area (Å²) in [5.74, 6) is -1.40. The first-order valence-electron chi connectivity index (χ1n) is 5.17. The molecule has 0 atom stereocenters. The third-order valence-corrected chi connectivity index (χ3v) is 4.20. The van der Waals surface area contributed by atoms with Crippen LogP contribution in [0.25, 0.3) is 0 Å². The van der Waals surface area contributed by atoms with Crippen LogP contribution in [0.2, 0.25) is 5.02 Å². The molecule has 0 fully saturated rings. The number of halogens is 2. The molecule has 0 aliphatic heterocycles. The van der Waals surface area contributed by atoms with Gasteiger partial charge >= 0.3 is 0 Å². The van der Waals surface area contributed by atoms with E-state index in [0.717, 1.165) is 19.1 Å². The number of hydrogen-bond donors (Lipinski definition) is 1. The Morgan fingerprint density at radius 2 is 1.94 bits per heavy atom. The molecule has 0 spiro atoms. The lowest BCUT2D eigenvalue weighted by Gasteiger charge is -2.12. The molecule has 100 valence electrons. The number of sulfonamides is 1. The zero-order valence-electron chi connectivity index (χ0n) is 10.1. The summed E-state index contributed by atoms with van der Waals surface area (Å²) in [4.78, 5) is 10.9. The SMILES string of the molecule is CC(=O)c1cc(S(=O)(=O)NC(C)C)c(Cl)cc1F. The monoisotopic (exact) mass is 293 g/mol. The van der Waals surface area contributed by atoms with Crippen molar-refractivity contribution in [2.24, 2.45) is 0 Å². The molecule has 0 heterocycles. The molecule has 0 bridgehead atoms. The van der Waals surface area contributed by atoms with Gasteiger partial charge in [-0.1, -0.05) is 11.6 Å². The number of ketones is 1. The lowest BCUT2D eigenvalue weighted by molar-refractivity contribution is 0.101. The van der Waals surface area contributed by atoms with Crippen LogP contribution in [-0.4, -0.2) is 20.2 Å². The van der Waals surface area contributed by atoms with Gasteiger partial charge < -0.3 is 0 Å². The van der Waals surface area contributed by atoms with E-state index in [1.807, 2.05) is 0 Å². The fraction of sp³-hybridized carbons (Fsp3) is 0.364. The lowest BCUT2D eigenvalue weighted by Crippen LogP contribution is -2.30. The number of carbonyl (C=O) groups excluding carboxylic acids is 1. The number of Topliss-reactive ketones (excluding diaryl/α,β-unsaturated/α-hetero) is 1. The van der Waals surface area contributed by atoms with Crippen molar-refractivity contribution in [2.75, 3.05) is 0 Å². The predicted molar refractivity (Wildman–Crippen MR) is 66.9 cm³/mol. The number of carbonyl (C=O) groups is 1. The minimum absolute atomic E-state index is 0.259. The molecule has 1 aromatic rings. The molecule has 1 N–H and O–H groups in total. The molecule has 0 amide bonds. The molecule has 0 saturated heterocycles. The Balaban J connectivity index is 3.42. The Morgan fingerprint density at radius 1 is 1.39 bits per heavy atom. The standard InChI is InChI=1S/C11H13ClFNO3S/c1-6(2)14-18(16,17)11-4-8(7(3)15)10(13)5-9(11)12/h4-6,14H,1-3H3. The van der Waals surface area contributed by atoms with Crippen LogP contribution in [0, 0.1) is 5.82 Å². The van der Waals surface area contributed by atoms with Gasteiger partial charge in [-0.3, -0.25) is 4.79 Å². The summed E-state index contributed by atoms with van der Waals surface area (Å²) in [6, 6.07) is 1.44. The highest BCUT2D eigenvalue weighted by Gasteiger charge is 2.22. The van der Waals surface area contributed by atoms with E-state index in [1.54, 1.807) is 13.8 Å². The molecule has 0 saturated carbocycles. The van der Waals surface area contributed by atoms with Crippen LogP contribution in [0.5, 0.6) is 0 Å². The van der Waals surface area contributed by atoms with Crippen LogP contribution in [-0.2, 0) is 10.0 Å². The summed E-state index contributed by atoms with van der Waals surface area (Å²) in [7, 11) is -3.86.